The second-order valence-electron chi connectivity index (χ2n) is 2.15. The van der Waals surface area contributed by atoms with Crippen LogP contribution in [0.15, 0.2) is 32.0 Å². The van der Waals surface area contributed by atoms with Crippen molar-refractivity contribution in [1.29, 1.82) is 0 Å². The topological polar surface area (TPSA) is 46.0 Å². The number of rotatable bonds is 0. The maximum atomic E-state index is 11.0. The fourth-order valence-corrected chi connectivity index (χ4v) is 1.49. The normalized spacial score (nSPS) is 10.6. The van der Waals surface area contributed by atoms with Crippen molar-refractivity contribution in [2.75, 3.05) is 0 Å². The first-order valence-corrected chi connectivity index (χ1v) is 3.84. The van der Waals surface area contributed by atoms with E-state index in [-0.39, 0.29) is 5.56 Å². The zero-order valence-corrected chi connectivity index (χ0v) is 7.01. The van der Waals surface area contributed by atoms with Crippen LogP contribution in [0.2, 0.25) is 0 Å². The van der Waals surface area contributed by atoms with Gasteiger partial charge in [0.05, 0.1) is 0 Å². The van der Waals surface area contributed by atoms with E-state index in [4.69, 9.17) is 4.52 Å². The minimum atomic E-state index is -0.201. The molecule has 56 valence electrons. The van der Waals surface area contributed by atoms with E-state index in [1.54, 1.807) is 12.1 Å². The summed E-state index contributed by atoms with van der Waals surface area (Å²) < 4.78 is 5.62. The maximum Gasteiger partial charge on any atom is 0.288 e. The van der Waals surface area contributed by atoms with Crippen LogP contribution in [-0.2, 0) is 0 Å². The molecule has 0 fully saturated rings. The van der Waals surface area contributed by atoms with Crippen LogP contribution in [-0.4, -0.2) is 5.16 Å². The van der Waals surface area contributed by atoms with Gasteiger partial charge in [-0.15, -0.1) is 0 Å². The van der Waals surface area contributed by atoms with Crippen molar-refractivity contribution in [3.8, 4) is 0 Å². The van der Waals surface area contributed by atoms with Gasteiger partial charge in [0.15, 0.2) is 5.58 Å². The van der Waals surface area contributed by atoms with Crippen molar-refractivity contribution in [1.82, 2.24) is 5.16 Å². The molecule has 0 aliphatic carbocycles. The minimum Gasteiger partial charge on any atom is -0.378 e. The summed E-state index contributed by atoms with van der Waals surface area (Å²) >= 11 is 3.25. The highest BCUT2D eigenvalue weighted by molar-refractivity contribution is 9.10. The van der Waals surface area contributed by atoms with E-state index < -0.39 is 0 Å². The maximum absolute atomic E-state index is 11.0. The molecule has 1 N–H and O–H groups in total. The molecule has 0 aliphatic rings. The van der Waals surface area contributed by atoms with Crippen LogP contribution < -0.4 is 5.56 Å². The van der Waals surface area contributed by atoms with Crippen molar-refractivity contribution < 1.29 is 4.52 Å². The second-order valence-corrected chi connectivity index (χ2v) is 3.00. The monoisotopic (exact) mass is 213 g/mol. The Kier molecular flexibility index (Phi) is 1.35. The van der Waals surface area contributed by atoms with Crippen LogP contribution in [0.1, 0.15) is 0 Å². The molecule has 0 saturated heterocycles. The second kappa shape index (κ2) is 2.23. The summed E-state index contributed by atoms with van der Waals surface area (Å²) in [5, 5.41) is 2.82. The summed E-state index contributed by atoms with van der Waals surface area (Å²) in [6.07, 6.45) is 0. The number of fused-ring (bicyclic) bond motifs is 1. The number of hydrogen-bond donors (Lipinski definition) is 1. The molecule has 11 heavy (non-hydrogen) atoms. The molecule has 4 heteroatoms. The zero-order chi connectivity index (χ0) is 7.84. The van der Waals surface area contributed by atoms with Gasteiger partial charge in [-0.3, -0.25) is 4.79 Å². The number of aromatic amines is 1. The Hall–Kier alpha value is -1.03. The van der Waals surface area contributed by atoms with Crippen LogP contribution in [0, 0.1) is 0 Å². The molecule has 0 atom stereocenters. The first kappa shape index (κ1) is 6.67. The van der Waals surface area contributed by atoms with Gasteiger partial charge in [0.25, 0.3) is 5.56 Å². The first-order valence-electron chi connectivity index (χ1n) is 3.05. The van der Waals surface area contributed by atoms with E-state index in [2.05, 4.69) is 21.1 Å². The van der Waals surface area contributed by atoms with Crippen LogP contribution in [0.25, 0.3) is 11.0 Å². The number of benzene rings is 1. The van der Waals surface area contributed by atoms with Gasteiger partial charge >= 0.3 is 0 Å². The lowest BCUT2D eigenvalue weighted by Gasteiger charge is -1.86. The highest BCUT2D eigenvalue weighted by atomic mass is 79.9. The Morgan fingerprint density at radius 1 is 1.45 bits per heavy atom. The molecule has 1 aromatic heterocycles. The van der Waals surface area contributed by atoms with E-state index >= 15 is 0 Å². The van der Waals surface area contributed by atoms with Crippen molar-refractivity contribution in [2.24, 2.45) is 0 Å². The van der Waals surface area contributed by atoms with Gasteiger partial charge in [-0.2, -0.15) is 5.16 Å². The molecule has 0 spiro atoms. The lowest BCUT2D eigenvalue weighted by molar-refractivity contribution is 0.449. The highest BCUT2D eigenvalue weighted by Gasteiger charge is 2.04. The van der Waals surface area contributed by atoms with E-state index in [9.17, 15) is 4.79 Å². The molecule has 0 radical (unpaired) electrons. The standard InChI is InChI=1S/C7H4BrNO2/c8-4-2-1-3-5-6(4)7(10)9-11-5/h1-3H,(H,9,10). The predicted molar refractivity (Wildman–Crippen MR) is 44.5 cm³/mol. The van der Waals surface area contributed by atoms with Gasteiger partial charge in [-0.1, -0.05) is 6.07 Å². The highest BCUT2D eigenvalue weighted by Crippen LogP contribution is 2.19. The summed E-state index contributed by atoms with van der Waals surface area (Å²) in [5.74, 6) is 0. The first-order chi connectivity index (χ1) is 5.29. The van der Waals surface area contributed by atoms with Crippen molar-refractivity contribution in [3.63, 3.8) is 0 Å². The van der Waals surface area contributed by atoms with Crippen molar-refractivity contribution >= 4 is 26.9 Å². The van der Waals surface area contributed by atoms with Crippen LogP contribution >= 0.6 is 15.9 Å². The molecule has 0 bridgehead atoms. The van der Waals surface area contributed by atoms with E-state index in [0.29, 0.717) is 11.0 Å². The molecule has 3 nitrogen and oxygen atoms in total. The van der Waals surface area contributed by atoms with Gasteiger partial charge in [0, 0.05) is 4.47 Å². The Balaban J connectivity index is 3.08. The number of halogens is 1. The fraction of sp³-hybridized carbons (Fsp3) is 0. The molecular formula is C7H4BrNO2. The van der Waals surface area contributed by atoms with E-state index in [0.717, 1.165) is 4.47 Å². The summed E-state index contributed by atoms with van der Waals surface area (Å²) in [6, 6.07) is 5.34. The molecule has 2 rings (SSSR count). The van der Waals surface area contributed by atoms with Gasteiger partial charge in [0.2, 0.25) is 0 Å². The fourth-order valence-electron chi connectivity index (χ4n) is 0.962. The summed E-state index contributed by atoms with van der Waals surface area (Å²) in [7, 11) is 0. The van der Waals surface area contributed by atoms with Crippen molar-refractivity contribution in [3.05, 3.63) is 33.0 Å². The Morgan fingerprint density at radius 2 is 2.27 bits per heavy atom. The Bertz CT molecular complexity index is 443. The minimum absolute atomic E-state index is 0.201. The number of aromatic nitrogens is 1. The van der Waals surface area contributed by atoms with Gasteiger partial charge in [-0.25, -0.2) is 0 Å². The molecule has 1 heterocycles. The van der Waals surface area contributed by atoms with E-state index in [1.807, 2.05) is 6.07 Å². The third-order valence-electron chi connectivity index (χ3n) is 1.46. The molecule has 0 aliphatic heterocycles. The number of nitrogens with one attached hydrogen (secondary N) is 1. The molecular weight excluding hydrogens is 210 g/mol. The van der Waals surface area contributed by atoms with Gasteiger partial charge in [-0.05, 0) is 28.1 Å². The third kappa shape index (κ3) is 0.903. The molecule has 0 amide bonds. The largest absolute Gasteiger partial charge is 0.378 e. The van der Waals surface area contributed by atoms with Gasteiger partial charge < -0.3 is 4.52 Å². The van der Waals surface area contributed by atoms with Crippen LogP contribution in [0.3, 0.4) is 0 Å². The predicted octanol–water partition coefficient (Wildman–Crippen LogP) is 1.88. The molecule has 0 saturated carbocycles. The lowest BCUT2D eigenvalue weighted by Crippen LogP contribution is -1.96. The van der Waals surface area contributed by atoms with Crippen LogP contribution in [0.5, 0.6) is 0 Å². The van der Waals surface area contributed by atoms with Gasteiger partial charge in [0.1, 0.15) is 5.39 Å². The third-order valence-corrected chi connectivity index (χ3v) is 2.12. The summed E-state index contributed by atoms with van der Waals surface area (Å²) in [4.78, 5) is 11.0. The number of hydrogen-bond acceptors (Lipinski definition) is 2. The molecule has 1 aromatic carbocycles. The Morgan fingerprint density at radius 3 is 3.00 bits per heavy atom. The lowest BCUT2D eigenvalue weighted by atomic mass is 10.3. The zero-order valence-electron chi connectivity index (χ0n) is 5.43. The SMILES string of the molecule is O=c1[nH]oc2cccc(Br)c12. The van der Waals surface area contributed by atoms with Crippen LogP contribution in [0.4, 0.5) is 0 Å². The number of H-pyrrole nitrogens is 1. The smallest absolute Gasteiger partial charge is 0.288 e. The summed E-state index contributed by atoms with van der Waals surface area (Å²) in [6.45, 7) is 0. The quantitative estimate of drug-likeness (QED) is 0.727. The Labute approximate surface area is 70.1 Å². The molecule has 0 unspecified atom stereocenters. The average Bonchev–Trinajstić information content (AvgIpc) is 2.34. The van der Waals surface area contributed by atoms with E-state index in [1.165, 1.54) is 0 Å². The van der Waals surface area contributed by atoms with Crippen molar-refractivity contribution in [2.45, 2.75) is 0 Å². The average molecular weight is 214 g/mol. The summed E-state index contributed by atoms with van der Waals surface area (Å²) in [5.41, 5.74) is 0.372. The molecule has 2 aromatic rings.